The van der Waals surface area contributed by atoms with E-state index in [-0.39, 0.29) is 29.8 Å². The maximum Gasteiger partial charge on any atom is 0.223 e. The molecule has 1 aliphatic rings. The number of hydrogen-bond donors (Lipinski definition) is 2. The molecule has 2 rings (SSSR count). The van der Waals surface area contributed by atoms with Crippen molar-refractivity contribution in [2.24, 2.45) is 11.3 Å². The van der Waals surface area contributed by atoms with Gasteiger partial charge >= 0.3 is 0 Å². The summed E-state index contributed by atoms with van der Waals surface area (Å²) in [6.45, 7) is 4.93. The zero-order valence-corrected chi connectivity index (χ0v) is 11.7. The van der Waals surface area contributed by atoms with E-state index in [4.69, 9.17) is 9.52 Å². The largest absolute Gasteiger partial charge is 0.469 e. The average molecular weight is 265 g/mol. The number of amides is 1. The van der Waals surface area contributed by atoms with E-state index in [9.17, 15) is 4.79 Å². The molecule has 0 aliphatic heterocycles. The summed E-state index contributed by atoms with van der Waals surface area (Å²) in [7, 11) is 0. The molecule has 0 aromatic carbocycles. The minimum Gasteiger partial charge on any atom is -0.469 e. The lowest BCUT2D eigenvalue weighted by Crippen LogP contribution is -2.28. The fraction of sp³-hybridized carbons (Fsp3) is 0.667. The van der Waals surface area contributed by atoms with Crippen LogP contribution in [-0.4, -0.2) is 24.2 Å². The zero-order valence-electron chi connectivity index (χ0n) is 11.7. The third-order valence-electron chi connectivity index (χ3n) is 3.79. The molecule has 2 N–H and O–H groups in total. The molecule has 0 spiro atoms. The smallest absolute Gasteiger partial charge is 0.223 e. The summed E-state index contributed by atoms with van der Waals surface area (Å²) in [6, 6.07) is 3.79. The van der Waals surface area contributed by atoms with Crippen LogP contribution in [0, 0.1) is 11.3 Å². The van der Waals surface area contributed by atoms with Gasteiger partial charge in [-0.2, -0.15) is 0 Å². The Labute approximate surface area is 114 Å². The van der Waals surface area contributed by atoms with Gasteiger partial charge in [-0.05, 0) is 36.8 Å². The van der Waals surface area contributed by atoms with Gasteiger partial charge in [0.25, 0.3) is 0 Å². The normalized spacial score (nSPS) is 22.3. The summed E-state index contributed by atoms with van der Waals surface area (Å²) in [5.74, 6) is 1.39. The Morgan fingerprint density at radius 1 is 1.58 bits per heavy atom. The summed E-state index contributed by atoms with van der Waals surface area (Å²) in [4.78, 5) is 11.9. The van der Waals surface area contributed by atoms with Gasteiger partial charge in [-0.1, -0.05) is 13.8 Å². The van der Waals surface area contributed by atoms with Crippen LogP contribution in [0.3, 0.4) is 0 Å². The van der Waals surface area contributed by atoms with Crippen molar-refractivity contribution >= 4 is 5.91 Å². The van der Waals surface area contributed by atoms with Gasteiger partial charge in [0.05, 0.1) is 6.26 Å². The molecular formula is C15H23NO3. The molecule has 106 valence electrons. The molecule has 1 amide bonds. The van der Waals surface area contributed by atoms with Crippen molar-refractivity contribution in [3.63, 3.8) is 0 Å². The number of hydrogen-bond acceptors (Lipinski definition) is 3. The fourth-order valence-corrected chi connectivity index (χ4v) is 2.29. The topological polar surface area (TPSA) is 62.5 Å². The van der Waals surface area contributed by atoms with Crippen LogP contribution >= 0.6 is 0 Å². The highest BCUT2D eigenvalue weighted by molar-refractivity contribution is 5.82. The molecule has 1 fully saturated rings. The van der Waals surface area contributed by atoms with Crippen LogP contribution in [0.5, 0.6) is 0 Å². The number of aliphatic hydroxyl groups excluding tert-OH is 1. The highest BCUT2D eigenvalue weighted by Gasteiger charge is 2.45. The van der Waals surface area contributed by atoms with Crippen molar-refractivity contribution in [3.05, 3.63) is 24.2 Å². The molecule has 4 heteroatoms. The van der Waals surface area contributed by atoms with Crippen molar-refractivity contribution in [2.45, 2.75) is 39.0 Å². The predicted molar refractivity (Wildman–Crippen MR) is 72.7 cm³/mol. The summed E-state index contributed by atoms with van der Waals surface area (Å²) >= 11 is 0. The van der Waals surface area contributed by atoms with Crippen LogP contribution < -0.4 is 5.32 Å². The lowest BCUT2D eigenvalue weighted by molar-refractivity contribution is -0.122. The number of furan rings is 1. The van der Waals surface area contributed by atoms with E-state index in [0.29, 0.717) is 6.54 Å². The lowest BCUT2D eigenvalue weighted by atomic mass is 9.89. The van der Waals surface area contributed by atoms with E-state index >= 15 is 0 Å². The molecule has 19 heavy (non-hydrogen) atoms. The van der Waals surface area contributed by atoms with E-state index in [2.05, 4.69) is 5.32 Å². The van der Waals surface area contributed by atoms with E-state index in [1.807, 2.05) is 26.0 Å². The van der Waals surface area contributed by atoms with Crippen molar-refractivity contribution in [3.8, 4) is 0 Å². The molecule has 1 saturated carbocycles. The van der Waals surface area contributed by atoms with Gasteiger partial charge in [-0.15, -0.1) is 0 Å². The molecule has 1 aromatic rings. The predicted octanol–water partition coefficient (Wildman–Crippen LogP) is 2.30. The second-order valence-electron chi connectivity index (χ2n) is 6.18. The quantitative estimate of drug-likeness (QED) is 0.744. The second kappa shape index (κ2) is 5.78. The Morgan fingerprint density at radius 3 is 3.00 bits per heavy atom. The van der Waals surface area contributed by atoms with E-state index in [1.54, 1.807) is 6.26 Å². The molecule has 0 saturated heterocycles. The van der Waals surface area contributed by atoms with Crippen LogP contribution in [0.2, 0.25) is 0 Å². The summed E-state index contributed by atoms with van der Waals surface area (Å²) in [6.07, 6.45) is 4.36. The Bertz CT molecular complexity index is 411. The maximum absolute atomic E-state index is 11.9. The van der Waals surface area contributed by atoms with E-state index < -0.39 is 0 Å². The van der Waals surface area contributed by atoms with Crippen molar-refractivity contribution < 1.29 is 14.3 Å². The van der Waals surface area contributed by atoms with Crippen molar-refractivity contribution in [1.82, 2.24) is 5.32 Å². The molecule has 2 unspecified atom stereocenters. The zero-order chi connectivity index (χ0) is 13.9. The molecule has 1 aromatic heterocycles. The first-order valence-corrected chi connectivity index (χ1v) is 6.95. The Kier molecular flexibility index (Phi) is 4.30. The fourth-order valence-electron chi connectivity index (χ4n) is 2.29. The molecule has 0 bridgehead atoms. The van der Waals surface area contributed by atoms with Crippen LogP contribution in [0.4, 0.5) is 0 Å². The molecule has 1 aliphatic carbocycles. The van der Waals surface area contributed by atoms with Crippen LogP contribution in [0.1, 0.15) is 44.8 Å². The monoisotopic (exact) mass is 265 g/mol. The first kappa shape index (κ1) is 14.1. The van der Waals surface area contributed by atoms with E-state index in [1.165, 1.54) is 0 Å². The molecule has 4 nitrogen and oxygen atoms in total. The Morgan fingerprint density at radius 2 is 2.37 bits per heavy atom. The molecule has 1 heterocycles. The van der Waals surface area contributed by atoms with Gasteiger partial charge in [0.15, 0.2) is 0 Å². The molecular weight excluding hydrogens is 242 g/mol. The van der Waals surface area contributed by atoms with Gasteiger partial charge in [-0.3, -0.25) is 4.79 Å². The van der Waals surface area contributed by atoms with Gasteiger partial charge in [0.2, 0.25) is 5.91 Å². The minimum atomic E-state index is -0.0546. The first-order valence-electron chi connectivity index (χ1n) is 6.95. The van der Waals surface area contributed by atoms with Crippen molar-refractivity contribution in [2.75, 3.05) is 13.2 Å². The highest BCUT2D eigenvalue weighted by Crippen LogP contribution is 2.47. The first-order chi connectivity index (χ1) is 9.03. The van der Waals surface area contributed by atoms with Crippen LogP contribution in [0.25, 0.3) is 0 Å². The second-order valence-corrected chi connectivity index (χ2v) is 6.18. The minimum absolute atomic E-state index is 0.0546. The van der Waals surface area contributed by atoms with Crippen molar-refractivity contribution in [1.29, 1.82) is 0 Å². The van der Waals surface area contributed by atoms with E-state index in [0.717, 1.165) is 25.0 Å². The van der Waals surface area contributed by atoms with Gasteiger partial charge in [-0.25, -0.2) is 0 Å². The number of rotatable bonds is 7. The Balaban J connectivity index is 1.64. The SMILES string of the molecule is CC(C)(CO)CCCNC(=O)C1CC1c1ccco1. The van der Waals surface area contributed by atoms with Gasteiger partial charge in [0, 0.05) is 25.0 Å². The molecule has 0 radical (unpaired) electrons. The third-order valence-corrected chi connectivity index (χ3v) is 3.79. The van der Waals surface area contributed by atoms with Crippen LogP contribution in [-0.2, 0) is 4.79 Å². The average Bonchev–Trinajstić information content (AvgIpc) is 3.01. The number of carbonyl (C=O) groups excluding carboxylic acids is 1. The highest BCUT2D eigenvalue weighted by atomic mass is 16.3. The van der Waals surface area contributed by atoms with Gasteiger partial charge in [0.1, 0.15) is 5.76 Å². The van der Waals surface area contributed by atoms with Gasteiger partial charge < -0.3 is 14.8 Å². The van der Waals surface area contributed by atoms with Crippen LogP contribution in [0.15, 0.2) is 22.8 Å². The summed E-state index contributed by atoms with van der Waals surface area (Å²) < 4.78 is 5.31. The maximum atomic E-state index is 11.9. The molecule has 2 atom stereocenters. The summed E-state index contributed by atoms with van der Waals surface area (Å²) in [5.41, 5.74) is -0.0546. The summed E-state index contributed by atoms with van der Waals surface area (Å²) in [5, 5.41) is 12.1. The number of carbonyl (C=O) groups is 1. The third kappa shape index (κ3) is 3.83. The standard InChI is InChI=1S/C15H23NO3/c1-15(2,10-17)6-4-7-16-14(18)12-9-11(12)13-5-3-8-19-13/h3,5,8,11-12,17H,4,6-7,9-10H2,1-2H3,(H,16,18). The number of aliphatic hydroxyl groups is 1. The lowest BCUT2D eigenvalue weighted by Gasteiger charge is -2.21. The number of nitrogens with one attached hydrogen (secondary N) is 1. The Hall–Kier alpha value is -1.29.